The summed E-state index contributed by atoms with van der Waals surface area (Å²) in [5.41, 5.74) is 0. The van der Waals surface area contributed by atoms with Crippen molar-refractivity contribution < 1.29 is 4.79 Å². The van der Waals surface area contributed by atoms with Crippen LogP contribution in [0.4, 0.5) is 0 Å². The van der Waals surface area contributed by atoms with E-state index in [4.69, 9.17) is 0 Å². The number of unbranched alkanes of at least 4 members (excludes halogenated alkanes) is 3. The molecular weight excluding hydrogens is 200 g/mol. The Kier molecular flexibility index (Phi) is 11.2. The van der Waals surface area contributed by atoms with Crippen molar-refractivity contribution >= 4 is 6.41 Å². The molecule has 0 aliphatic carbocycles. The van der Waals surface area contributed by atoms with Gasteiger partial charge in [-0.1, -0.05) is 25.0 Å². The van der Waals surface area contributed by atoms with Gasteiger partial charge in [-0.2, -0.15) is 0 Å². The average Bonchev–Trinajstić information content (AvgIpc) is 2.28. The molecule has 0 rings (SSSR count). The van der Waals surface area contributed by atoms with Crippen molar-refractivity contribution in [2.75, 3.05) is 26.2 Å². The second kappa shape index (κ2) is 12.0. The van der Waals surface area contributed by atoms with Crippen molar-refractivity contribution in [3.05, 3.63) is 25.3 Å². The van der Waals surface area contributed by atoms with Crippen molar-refractivity contribution in [3.8, 4) is 0 Å². The Hall–Kier alpha value is -1.09. The molecule has 0 aromatic rings. The topological polar surface area (TPSA) is 32.3 Å². The fourth-order valence-corrected chi connectivity index (χ4v) is 1.60. The van der Waals surface area contributed by atoms with Crippen LogP contribution in [0.25, 0.3) is 0 Å². The average molecular weight is 224 g/mol. The van der Waals surface area contributed by atoms with Gasteiger partial charge in [0.2, 0.25) is 6.41 Å². The highest BCUT2D eigenvalue weighted by molar-refractivity contribution is 5.45. The van der Waals surface area contributed by atoms with Crippen molar-refractivity contribution in [1.29, 1.82) is 0 Å². The maximum atomic E-state index is 9.99. The zero-order valence-corrected chi connectivity index (χ0v) is 10.2. The van der Waals surface area contributed by atoms with Crippen LogP contribution in [-0.4, -0.2) is 37.5 Å². The highest BCUT2D eigenvalue weighted by atomic mass is 16.1. The lowest BCUT2D eigenvalue weighted by atomic mass is 10.2. The van der Waals surface area contributed by atoms with E-state index < -0.39 is 0 Å². The van der Waals surface area contributed by atoms with Crippen LogP contribution in [-0.2, 0) is 4.79 Å². The molecule has 0 bridgehead atoms. The number of hydrogen-bond acceptors (Lipinski definition) is 2. The largest absolute Gasteiger partial charge is 0.359 e. The van der Waals surface area contributed by atoms with E-state index in [1.807, 2.05) is 12.2 Å². The van der Waals surface area contributed by atoms with Gasteiger partial charge in [-0.05, 0) is 19.4 Å². The zero-order valence-electron chi connectivity index (χ0n) is 10.2. The Morgan fingerprint density at radius 3 is 2.19 bits per heavy atom. The summed E-state index contributed by atoms with van der Waals surface area (Å²) in [6.45, 7) is 11.2. The molecule has 3 nitrogen and oxygen atoms in total. The van der Waals surface area contributed by atoms with E-state index in [0.29, 0.717) is 0 Å². The molecule has 0 atom stereocenters. The standard InChI is InChI=1S/C13H24N2O/c1-3-10-15(11-4-2)12-8-6-5-7-9-14-13-16/h3-4,13H,1-2,5-12H2,(H,14,16). The SMILES string of the molecule is C=CCN(CC=C)CCCCCCNC=O. The summed E-state index contributed by atoms with van der Waals surface area (Å²) in [6, 6.07) is 0. The molecule has 0 aliphatic rings. The van der Waals surface area contributed by atoms with E-state index in [1.54, 1.807) is 0 Å². The quantitative estimate of drug-likeness (QED) is 0.312. The smallest absolute Gasteiger partial charge is 0.207 e. The summed E-state index contributed by atoms with van der Waals surface area (Å²) in [6.07, 6.45) is 9.28. The maximum absolute atomic E-state index is 9.99. The summed E-state index contributed by atoms with van der Waals surface area (Å²) in [4.78, 5) is 12.3. The molecule has 0 aromatic carbocycles. The number of nitrogens with zero attached hydrogens (tertiary/aromatic N) is 1. The van der Waals surface area contributed by atoms with Crippen LogP contribution < -0.4 is 5.32 Å². The maximum Gasteiger partial charge on any atom is 0.207 e. The van der Waals surface area contributed by atoms with Crippen LogP contribution in [0.3, 0.4) is 0 Å². The molecule has 3 heteroatoms. The van der Waals surface area contributed by atoms with Crippen molar-refractivity contribution in [1.82, 2.24) is 10.2 Å². The number of hydrogen-bond donors (Lipinski definition) is 1. The van der Waals surface area contributed by atoms with Gasteiger partial charge in [-0.3, -0.25) is 9.69 Å². The molecular formula is C13H24N2O. The van der Waals surface area contributed by atoms with Crippen molar-refractivity contribution in [3.63, 3.8) is 0 Å². The Morgan fingerprint density at radius 1 is 1.00 bits per heavy atom. The summed E-state index contributed by atoms with van der Waals surface area (Å²) >= 11 is 0. The molecule has 1 amide bonds. The van der Waals surface area contributed by atoms with Gasteiger partial charge in [0.1, 0.15) is 0 Å². The van der Waals surface area contributed by atoms with Gasteiger partial charge in [0.05, 0.1) is 0 Å². The summed E-state index contributed by atoms with van der Waals surface area (Å²) < 4.78 is 0. The molecule has 92 valence electrons. The third-order valence-corrected chi connectivity index (χ3v) is 2.40. The predicted octanol–water partition coefficient (Wildman–Crippen LogP) is 1.97. The Balaban J connectivity index is 3.35. The van der Waals surface area contributed by atoms with Crippen LogP contribution in [0, 0.1) is 0 Å². The van der Waals surface area contributed by atoms with Gasteiger partial charge < -0.3 is 5.32 Å². The number of carbonyl (C=O) groups is 1. The number of carbonyl (C=O) groups excluding carboxylic acids is 1. The minimum Gasteiger partial charge on any atom is -0.359 e. The molecule has 0 saturated carbocycles. The van der Waals surface area contributed by atoms with E-state index >= 15 is 0 Å². The van der Waals surface area contributed by atoms with Gasteiger partial charge >= 0.3 is 0 Å². The first-order valence-electron chi connectivity index (χ1n) is 5.96. The van der Waals surface area contributed by atoms with Crippen LogP contribution in [0.2, 0.25) is 0 Å². The lowest BCUT2D eigenvalue weighted by Crippen LogP contribution is -2.25. The van der Waals surface area contributed by atoms with E-state index in [-0.39, 0.29) is 0 Å². The molecule has 0 aromatic heterocycles. The van der Waals surface area contributed by atoms with Crippen LogP contribution in [0.5, 0.6) is 0 Å². The van der Waals surface area contributed by atoms with Gasteiger partial charge in [0.25, 0.3) is 0 Å². The first-order chi connectivity index (χ1) is 7.85. The predicted molar refractivity (Wildman–Crippen MR) is 69.4 cm³/mol. The van der Waals surface area contributed by atoms with E-state index in [9.17, 15) is 4.79 Å². The second-order valence-corrected chi connectivity index (χ2v) is 3.82. The Labute approximate surface area is 99.2 Å². The van der Waals surface area contributed by atoms with Crippen molar-refractivity contribution in [2.45, 2.75) is 25.7 Å². The monoisotopic (exact) mass is 224 g/mol. The lowest BCUT2D eigenvalue weighted by Gasteiger charge is -2.18. The molecule has 0 unspecified atom stereocenters. The van der Waals surface area contributed by atoms with E-state index in [1.165, 1.54) is 19.3 Å². The van der Waals surface area contributed by atoms with Gasteiger partial charge in [0.15, 0.2) is 0 Å². The van der Waals surface area contributed by atoms with Crippen LogP contribution in [0.15, 0.2) is 25.3 Å². The molecule has 1 N–H and O–H groups in total. The van der Waals surface area contributed by atoms with Crippen molar-refractivity contribution in [2.24, 2.45) is 0 Å². The summed E-state index contributed by atoms with van der Waals surface area (Å²) in [7, 11) is 0. The molecule has 0 radical (unpaired) electrons. The first kappa shape index (κ1) is 14.9. The normalized spacial score (nSPS) is 10.1. The lowest BCUT2D eigenvalue weighted by molar-refractivity contribution is -0.109. The third kappa shape index (κ3) is 9.46. The zero-order chi connectivity index (χ0) is 12.1. The summed E-state index contributed by atoms with van der Waals surface area (Å²) in [5.74, 6) is 0. The van der Waals surface area contributed by atoms with Gasteiger partial charge in [-0.15, -0.1) is 13.2 Å². The summed E-state index contributed by atoms with van der Waals surface area (Å²) in [5, 5.41) is 2.67. The van der Waals surface area contributed by atoms with E-state index in [2.05, 4.69) is 23.4 Å². The molecule has 0 spiro atoms. The molecule has 0 aliphatic heterocycles. The molecule has 16 heavy (non-hydrogen) atoms. The minimum atomic E-state index is 0.760. The first-order valence-corrected chi connectivity index (χ1v) is 5.96. The third-order valence-electron chi connectivity index (χ3n) is 2.40. The molecule has 0 saturated heterocycles. The van der Waals surface area contributed by atoms with Gasteiger partial charge in [-0.25, -0.2) is 0 Å². The highest BCUT2D eigenvalue weighted by Crippen LogP contribution is 2.01. The second-order valence-electron chi connectivity index (χ2n) is 3.82. The minimum absolute atomic E-state index is 0.760. The van der Waals surface area contributed by atoms with Crippen LogP contribution in [0.1, 0.15) is 25.7 Å². The Bertz CT molecular complexity index is 182. The van der Waals surface area contributed by atoms with Crippen LogP contribution >= 0.6 is 0 Å². The van der Waals surface area contributed by atoms with Gasteiger partial charge in [0, 0.05) is 19.6 Å². The number of nitrogens with one attached hydrogen (secondary N) is 1. The highest BCUT2D eigenvalue weighted by Gasteiger charge is 1.99. The molecule has 0 heterocycles. The van der Waals surface area contributed by atoms with E-state index in [0.717, 1.165) is 39.0 Å². The number of rotatable bonds is 12. The fraction of sp³-hybridized carbons (Fsp3) is 0.615. The fourth-order valence-electron chi connectivity index (χ4n) is 1.60. The molecule has 0 fully saturated rings. The Morgan fingerprint density at radius 2 is 1.62 bits per heavy atom. The number of amides is 1.